The summed E-state index contributed by atoms with van der Waals surface area (Å²) in [5.41, 5.74) is -1.18. The number of amides is 2. The zero-order valence-corrected chi connectivity index (χ0v) is 12.9. The molecule has 1 saturated carbocycles. The fourth-order valence-electron chi connectivity index (χ4n) is 3.20. The number of ether oxygens (including phenoxy) is 1. The van der Waals surface area contributed by atoms with Crippen LogP contribution < -0.4 is 5.32 Å². The van der Waals surface area contributed by atoms with E-state index < -0.39 is 11.5 Å². The maximum atomic E-state index is 12.4. The number of aliphatic carboxylic acids is 1. The number of carbonyl (C=O) groups excluding carboxylic acids is 1. The van der Waals surface area contributed by atoms with E-state index in [-0.39, 0.29) is 12.1 Å². The molecule has 0 radical (unpaired) electrons. The Kier molecular flexibility index (Phi) is 5.08. The number of carbonyl (C=O) groups is 2. The van der Waals surface area contributed by atoms with Crippen molar-refractivity contribution >= 4 is 12.0 Å². The molecule has 0 unspecified atom stereocenters. The van der Waals surface area contributed by atoms with Gasteiger partial charge in [0.25, 0.3) is 0 Å². The van der Waals surface area contributed by atoms with Crippen LogP contribution in [0.2, 0.25) is 0 Å². The highest BCUT2D eigenvalue weighted by Gasteiger charge is 2.42. The van der Waals surface area contributed by atoms with Crippen LogP contribution in [0.4, 0.5) is 4.79 Å². The summed E-state index contributed by atoms with van der Waals surface area (Å²) in [5, 5.41) is 12.2. The van der Waals surface area contributed by atoms with Crippen molar-refractivity contribution in [1.29, 1.82) is 0 Å². The van der Waals surface area contributed by atoms with Gasteiger partial charge >= 0.3 is 12.0 Å². The summed E-state index contributed by atoms with van der Waals surface area (Å²) >= 11 is 0. The van der Waals surface area contributed by atoms with E-state index >= 15 is 0 Å². The topological polar surface area (TPSA) is 78.9 Å². The molecule has 120 valence electrons. The van der Waals surface area contributed by atoms with Crippen molar-refractivity contribution in [2.45, 2.75) is 57.0 Å². The molecule has 2 rings (SSSR count). The molecule has 6 nitrogen and oxygen atoms in total. The predicted octanol–water partition coefficient (Wildman–Crippen LogP) is 1.84. The Morgan fingerprint density at radius 3 is 2.29 bits per heavy atom. The molecule has 21 heavy (non-hydrogen) atoms. The van der Waals surface area contributed by atoms with E-state index in [0.717, 1.165) is 31.6 Å². The Bertz CT molecular complexity index is 385. The van der Waals surface area contributed by atoms with Crippen molar-refractivity contribution in [3.05, 3.63) is 0 Å². The Labute approximate surface area is 125 Å². The number of urea groups is 1. The zero-order valence-electron chi connectivity index (χ0n) is 12.9. The average molecular weight is 298 g/mol. The van der Waals surface area contributed by atoms with E-state index in [1.165, 1.54) is 0 Å². The van der Waals surface area contributed by atoms with Crippen molar-refractivity contribution < 1.29 is 19.4 Å². The molecule has 1 saturated heterocycles. The Balaban J connectivity index is 1.96. The number of carboxylic acids is 1. The Morgan fingerprint density at radius 2 is 1.76 bits per heavy atom. The fraction of sp³-hybridized carbons (Fsp3) is 0.867. The molecule has 0 aromatic rings. The maximum Gasteiger partial charge on any atom is 0.329 e. The van der Waals surface area contributed by atoms with Crippen LogP contribution in [0.5, 0.6) is 0 Å². The second-order valence-corrected chi connectivity index (χ2v) is 6.45. The Hall–Kier alpha value is -1.30. The van der Waals surface area contributed by atoms with Gasteiger partial charge in [0.2, 0.25) is 0 Å². The molecule has 2 amide bonds. The Morgan fingerprint density at radius 1 is 1.19 bits per heavy atom. The lowest BCUT2D eigenvalue weighted by Gasteiger charge is -2.38. The molecule has 0 bridgehead atoms. The summed E-state index contributed by atoms with van der Waals surface area (Å²) in [4.78, 5) is 25.7. The lowest BCUT2D eigenvalue weighted by atomic mass is 9.86. The molecule has 1 aliphatic carbocycles. The highest BCUT2D eigenvalue weighted by atomic mass is 16.5. The van der Waals surface area contributed by atoms with Crippen molar-refractivity contribution in [3.8, 4) is 0 Å². The maximum absolute atomic E-state index is 12.4. The third kappa shape index (κ3) is 3.67. The largest absolute Gasteiger partial charge is 0.480 e. The molecule has 2 fully saturated rings. The summed E-state index contributed by atoms with van der Waals surface area (Å²) in [6.45, 7) is 2.98. The highest BCUT2D eigenvalue weighted by Crippen LogP contribution is 2.27. The van der Waals surface area contributed by atoms with E-state index in [1.54, 1.807) is 11.9 Å². The SMILES string of the molecule is CC1CCC(N(C)C(=O)NC2(C(=O)O)CCOCC2)CC1. The molecule has 1 heterocycles. The molecule has 0 aromatic heterocycles. The number of carboxylic acid groups (broad SMARTS) is 1. The normalized spacial score (nSPS) is 28.7. The van der Waals surface area contributed by atoms with Gasteiger partial charge in [-0.05, 0) is 31.6 Å². The summed E-state index contributed by atoms with van der Waals surface area (Å²) in [6.07, 6.45) is 4.89. The standard InChI is InChI=1S/C15H26N2O4/c1-11-3-5-12(6-4-11)17(2)14(20)16-15(13(18)19)7-9-21-10-8-15/h11-12H,3-10H2,1-2H3,(H,16,20)(H,18,19). The predicted molar refractivity (Wildman–Crippen MR) is 78.1 cm³/mol. The number of nitrogens with one attached hydrogen (secondary N) is 1. The molecule has 2 aliphatic rings. The number of nitrogens with zero attached hydrogens (tertiary/aromatic N) is 1. The first-order valence-corrected chi connectivity index (χ1v) is 7.81. The van der Waals surface area contributed by atoms with Crippen molar-refractivity contribution in [2.24, 2.45) is 5.92 Å². The molecule has 2 N–H and O–H groups in total. The smallest absolute Gasteiger partial charge is 0.329 e. The van der Waals surface area contributed by atoms with Crippen molar-refractivity contribution in [3.63, 3.8) is 0 Å². The second-order valence-electron chi connectivity index (χ2n) is 6.45. The minimum atomic E-state index is -1.18. The first-order chi connectivity index (χ1) is 9.94. The van der Waals surface area contributed by atoms with Crippen LogP contribution in [0.15, 0.2) is 0 Å². The molecule has 6 heteroatoms. The monoisotopic (exact) mass is 298 g/mol. The number of hydrogen-bond acceptors (Lipinski definition) is 3. The first kappa shape index (κ1) is 16.1. The quantitative estimate of drug-likeness (QED) is 0.833. The van der Waals surface area contributed by atoms with E-state index in [0.29, 0.717) is 26.1 Å². The van der Waals surface area contributed by atoms with E-state index in [1.807, 2.05) is 0 Å². The van der Waals surface area contributed by atoms with Crippen LogP contribution in [-0.2, 0) is 9.53 Å². The van der Waals surface area contributed by atoms with Gasteiger partial charge in [0, 0.05) is 39.1 Å². The summed E-state index contributed by atoms with van der Waals surface area (Å²) in [7, 11) is 1.77. The van der Waals surface area contributed by atoms with Gasteiger partial charge in [-0.25, -0.2) is 9.59 Å². The van der Waals surface area contributed by atoms with Gasteiger partial charge in [0.15, 0.2) is 0 Å². The van der Waals surface area contributed by atoms with Crippen molar-refractivity contribution in [1.82, 2.24) is 10.2 Å². The van der Waals surface area contributed by atoms with E-state index in [4.69, 9.17) is 4.74 Å². The lowest BCUT2D eigenvalue weighted by Crippen LogP contribution is -2.60. The van der Waals surface area contributed by atoms with Gasteiger partial charge in [0.1, 0.15) is 5.54 Å². The minimum absolute atomic E-state index is 0.215. The van der Waals surface area contributed by atoms with Crippen molar-refractivity contribution in [2.75, 3.05) is 20.3 Å². The van der Waals surface area contributed by atoms with Gasteiger partial charge in [-0.2, -0.15) is 0 Å². The summed E-state index contributed by atoms with van der Waals surface area (Å²) in [6, 6.07) is -0.0641. The summed E-state index contributed by atoms with van der Waals surface area (Å²) in [5.74, 6) is -0.247. The molecule has 0 aromatic carbocycles. The number of rotatable bonds is 3. The zero-order chi connectivity index (χ0) is 15.5. The van der Waals surface area contributed by atoms with E-state index in [2.05, 4.69) is 12.2 Å². The van der Waals surface area contributed by atoms with Gasteiger partial charge in [-0.15, -0.1) is 0 Å². The number of hydrogen-bond donors (Lipinski definition) is 2. The molecular weight excluding hydrogens is 272 g/mol. The third-order valence-electron chi connectivity index (χ3n) is 4.96. The van der Waals surface area contributed by atoms with E-state index in [9.17, 15) is 14.7 Å². The first-order valence-electron chi connectivity index (χ1n) is 7.81. The molecule has 1 aliphatic heterocycles. The van der Waals surface area contributed by atoms with Crippen LogP contribution in [0.3, 0.4) is 0 Å². The highest BCUT2D eigenvalue weighted by molar-refractivity contribution is 5.86. The lowest BCUT2D eigenvalue weighted by molar-refractivity contribution is -0.148. The second kappa shape index (κ2) is 6.64. The van der Waals surface area contributed by atoms with Crippen LogP contribution in [0, 0.1) is 5.92 Å². The average Bonchev–Trinajstić information content (AvgIpc) is 2.48. The van der Waals surface area contributed by atoms with Gasteiger partial charge in [-0.1, -0.05) is 6.92 Å². The van der Waals surface area contributed by atoms with Crippen LogP contribution in [0.1, 0.15) is 45.4 Å². The fourth-order valence-corrected chi connectivity index (χ4v) is 3.20. The third-order valence-corrected chi connectivity index (χ3v) is 4.96. The van der Waals surface area contributed by atoms with Crippen LogP contribution in [-0.4, -0.2) is 53.8 Å². The van der Waals surface area contributed by atoms with Gasteiger partial charge in [-0.3, -0.25) is 0 Å². The van der Waals surface area contributed by atoms with Gasteiger partial charge in [0.05, 0.1) is 0 Å². The molecule has 0 spiro atoms. The molecular formula is C15H26N2O4. The summed E-state index contributed by atoms with van der Waals surface area (Å²) < 4.78 is 5.22. The van der Waals surface area contributed by atoms with Gasteiger partial charge < -0.3 is 20.1 Å². The molecule has 0 atom stereocenters. The van der Waals surface area contributed by atoms with Crippen LogP contribution in [0.25, 0.3) is 0 Å². The minimum Gasteiger partial charge on any atom is -0.480 e. The van der Waals surface area contributed by atoms with Crippen LogP contribution >= 0.6 is 0 Å².